The van der Waals surface area contributed by atoms with Gasteiger partial charge in [-0.15, -0.1) is 0 Å². The van der Waals surface area contributed by atoms with Crippen LogP contribution in [0.1, 0.15) is 26.7 Å². The van der Waals surface area contributed by atoms with Crippen molar-refractivity contribution in [3.63, 3.8) is 0 Å². The average Bonchev–Trinajstić information content (AvgIpc) is 3.16. The molecule has 1 N–H and O–H groups in total. The third kappa shape index (κ3) is 3.42. The van der Waals surface area contributed by atoms with E-state index in [-0.39, 0.29) is 18.5 Å². The number of benzene rings is 1. The van der Waals surface area contributed by atoms with Gasteiger partial charge >= 0.3 is 0 Å². The van der Waals surface area contributed by atoms with Gasteiger partial charge in [-0.3, -0.25) is 4.79 Å². The van der Waals surface area contributed by atoms with Crippen LogP contribution in [0.5, 0.6) is 0 Å². The Labute approximate surface area is 135 Å². The van der Waals surface area contributed by atoms with E-state index in [1.807, 2.05) is 30.3 Å². The van der Waals surface area contributed by atoms with Crippen LogP contribution in [-0.2, 0) is 11.3 Å². The second kappa shape index (κ2) is 6.12. The number of carbonyl (C=O) groups is 1. The average molecular weight is 314 g/mol. The van der Waals surface area contributed by atoms with Crippen molar-refractivity contribution in [2.45, 2.75) is 44.9 Å². The van der Waals surface area contributed by atoms with Crippen molar-refractivity contribution in [2.75, 3.05) is 6.54 Å². The largest absolute Gasteiger partial charge is 0.388 e. The van der Waals surface area contributed by atoms with Gasteiger partial charge < -0.3 is 10.0 Å². The lowest BCUT2D eigenvalue weighted by Gasteiger charge is -2.33. The van der Waals surface area contributed by atoms with Gasteiger partial charge in [0.05, 0.1) is 11.6 Å². The fraction of sp³-hybridized carbons (Fsp3) is 0.471. The van der Waals surface area contributed by atoms with E-state index in [2.05, 4.69) is 10.1 Å². The molecular formula is C17H22N4O2. The van der Waals surface area contributed by atoms with Crippen LogP contribution in [0.25, 0.3) is 11.4 Å². The van der Waals surface area contributed by atoms with E-state index >= 15 is 0 Å². The molecule has 1 atom stereocenters. The Morgan fingerprint density at radius 3 is 2.78 bits per heavy atom. The van der Waals surface area contributed by atoms with E-state index in [9.17, 15) is 9.90 Å². The lowest BCUT2D eigenvalue weighted by atomic mass is 9.96. The number of hydrogen-bond donors (Lipinski definition) is 1. The maximum atomic E-state index is 12.5. The molecule has 3 rings (SSSR count). The molecular weight excluding hydrogens is 292 g/mol. The number of amides is 1. The molecule has 2 heterocycles. The standard InChI is InChI=1S/C17H22N4O2/c1-17(2,23)14-9-6-10-21(14)15(22)11-20-12-18-16(19-20)13-7-4-3-5-8-13/h3-5,7-8,12,14,23H,6,9-11H2,1-2H3. The van der Waals surface area contributed by atoms with Crippen molar-refractivity contribution in [2.24, 2.45) is 0 Å². The van der Waals surface area contributed by atoms with Gasteiger partial charge in [-0.1, -0.05) is 30.3 Å². The predicted octanol–water partition coefficient (Wildman–Crippen LogP) is 1.71. The Bertz CT molecular complexity index is 675. The minimum atomic E-state index is -0.885. The maximum Gasteiger partial charge on any atom is 0.244 e. The van der Waals surface area contributed by atoms with Gasteiger partial charge in [0.15, 0.2) is 5.82 Å². The molecule has 1 aromatic carbocycles. The fourth-order valence-corrected chi connectivity index (χ4v) is 3.12. The van der Waals surface area contributed by atoms with Crippen LogP contribution in [0.2, 0.25) is 0 Å². The molecule has 23 heavy (non-hydrogen) atoms. The molecule has 0 radical (unpaired) electrons. The molecule has 0 saturated carbocycles. The van der Waals surface area contributed by atoms with Crippen LogP contribution in [0.15, 0.2) is 36.7 Å². The molecule has 0 bridgehead atoms. The van der Waals surface area contributed by atoms with Crippen molar-refractivity contribution in [3.8, 4) is 11.4 Å². The van der Waals surface area contributed by atoms with Crippen molar-refractivity contribution in [1.29, 1.82) is 0 Å². The lowest BCUT2D eigenvalue weighted by Crippen LogP contribution is -2.49. The van der Waals surface area contributed by atoms with E-state index < -0.39 is 5.60 Å². The zero-order chi connectivity index (χ0) is 16.4. The molecule has 1 amide bonds. The maximum absolute atomic E-state index is 12.5. The van der Waals surface area contributed by atoms with Crippen LogP contribution in [0.3, 0.4) is 0 Å². The second-order valence-corrected chi connectivity index (χ2v) is 6.53. The highest BCUT2D eigenvalue weighted by atomic mass is 16.3. The summed E-state index contributed by atoms with van der Waals surface area (Å²) in [6.45, 7) is 4.35. The van der Waals surface area contributed by atoms with Gasteiger partial charge in [0.2, 0.25) is 5.91 Å². The zero-order valence-corrected chi connectivity index (χ0v) is 13.5. The molecule has 1 aliphatic heterocycles. The molecule has 6 heteroatoms. The van der Waals surface area contributed by atoms with Crippen LogP contribution < -0.4 is 0 Å². The lowest BCUT2D eigenvalue weighted by molar-refractivity contribution is -0.137. The Kier molecular flexibility index (Phi) is 4.17. The van der Waals surface area contributed by atoms with Crippen LogP contribution in [0, 0.1) is 0 Å². The third-order valence-electron chi connectivity index (χ3n) is 4.25. The predicted molar refractivity (Wildman–Crippen MR) is 86.5 cm³/mol. The number of rotatable bonds is 4. The summed E-state index contributed by atoms with van der Waals surface area (Å²) in [6.07, 6.45) is 3.34. The topological polar surface area (TPSA) is 71.2 Å². The summed E-state index contributed by atoms with van der Waals surface area (Å²) < 4.78 is 1.56. The zero-order valence-electron chi connectivity index (χ0n) is 13.5. The Morgan fingerprint density at radius 2 is 2.09 bits per heavy atom. The van der Waals surface area contributed by atoms with Gasteiger partial charge in [-0.25, -0.2) is 9.67 Å². The number of nitrogens with zero attached hydrogens (tertiary/aromatic N) is 4. The number of likely N-dealkylation sites (tertiary alicyclic amines) is 1. The monoisotopic (exact) mass is 314 g/mol. The molecule has 1 fully saturated rings. The van der Waals surface area contributed by atoms with Crippen LogP contribution >= 0.6 is 0 Å². The first kappa shape index (κ1) is 15.7. The quantitative estimate of drug-likeness (QED) is 0.932. The Morgan fingerprint density at radius 1 is 1.35 bits per heavy atom. The number of aromatic nitrogens is 3. The molecule has 122 valence electrons. The van der Waals surface area contributed by atoms with Crippen molar-refractivity contribution >= 4 is 5.91 Å². The molecule has 6 nitrogen and oxygen atoms in total. The first-order chi connectivity index (χ1) is 10.9. The highest BCUT2D eigenvalue weighted by Gasteiger charge is 2.38. The van der Waals surface area contributed by atoms with E-state index in [4.69, 9.17) is 0 Å². The summed E-state index contributed by atoms with van der Waals surface area (Å²) in [6, 6.07) is 9.54. The van der Waals surface area contributed by atoms with Gasteiger partial charge in [0, 0.05) is 12.1 Å². The smallest absolute Gasteiger partial charge is 0.244 e. The van der Waals surface area contributed by atoms with Crippen molar-refractivity contribution in [1.82, 2.24) is 19.7 Å². The minimum Gasteiger partial charge on any atom is -0.388 e. The second-order valence-electron chi connectivity index (χ2n) is 6.53. The fourth-order valence-electron chi connectivity index (χ4n) is 3.12. The molecule has 1 aromatic heterocycles. The van der Waals surface area contributed by atoms with E-state index in [1.54, 1.807) is 29.8 Å². The van der Waals surface area contributed by atoms with Gasteiger partial charge in [0.25, 0.3) is 0 Å². The molecule has 2 aromatic rings. The first-order valence-electron chi connectivity index (χ1n) is 7.92. The van der Waals surface area contributed by atoms with Crippen molar-refractivity contribution in [3.05, 3.63) is 36.7 Å². The summed E-state index contributed by atoms with van der Waals surface area (Å²) in [4.78, 5) is 18.6. The van der Waals surface area contributed by atoms with Gasteiger partial charge in [-0.05, 0) is 26.7 Å². The van der Waals surface area contributed by atoms with Gasteiger partial charge in [0.1, 0.15) is 12.9 Å². The molecule has 0 spiro atoms. The highest BCUT2D eigenvalue weighted by Crippen LogP contribution is 2.27. The van der Waals surface area contributed by atoms with E-state index in [0.29, 0.717) is 12.4 Å². The summed E-state index contributed by atoms with van der Waals surface area (Å²) >= 11 is 0. The molecule has 1 saturated heterocycles. The minimum absolute atomic E-state index is 0.0286. The highest BCUT2D eigenvalue weighted by molar-refractivity contribution is 5.76. The summed E-state index contributed by atoms with van der Waals surface area (Å²) in [7, 11) is 0. The summed E-state index contributed by atoms with van der Waals surface area (Å²) in [5, 5.41) is 14.6. The molecule has 1 aliphatic rings. The molecule has 0 aliphatic carbocycles. The number of aliphatic hydroxyl groups is 1. The van der Waals surface area contributed by atoms with Crippen LogP contribution in [-0.4, -0.2) is 48.9 Å². The Balaban J connectivity index is 1.70. The van der Waals surface area contributed by atoms with Crippen molar-refractivity contribution < 1.29 is 9.90 Å². The van der Waals surface area contributed by atoms with Crippen LogP contribution in [0.4, 0.5) is 0 Å². The Hall–Kier alpha value is -2.21. The SMILES string of the molecule is CC(C)(O)C1CCCN1C(=O)Cn1cnc(-c2ccccc2)n1. The van der Waals surface area contributed by atoms with E-state index in [1.165, 1.54) is 0 Å². The normalized spacial score (nSPS) is 18.4. The summed E-state index contributed by atoms with van der Waals surface area (Å²) in [5.41, 5.74) is 0.0400. The summed E-state index contributed by atoms with van der Waals surface area (Å²) in [5.74, 6) is 0.581. The first-order valence-corrected chi connectivity index (χ1v) is 7.92. The van der Waals surface area contributed by atoms with Gasteiger partial charge in [-0.2, -0.15) is 5.10 Å². The van der Waals surface area contributed by atoms with E-state index in [0.717, 1.165) is 18.4 Å². The number of carbonyl (C=O) groups excluding carboxylic acids is 1. The number of hydrogen-bond acceptors (Lipinski definition) is 4. The molecule has 1 unspecified atom stereocenters. The third-order valence-corrected chi connectivity index (χ3v) is 4.25.